The van der Waals surface area contributed by atoms with E-state index in [2.05, 4.69) is 5.32 Å². The molecule has 22 heavy (non-hydrogen) atoms. The van der Waals surface area contributed by atoms with Crippen LogP contribution in [0, 0.1) is 5.82 Å². The maximum atomic E-state index is 13.5. The van der Waals surface area contributed by atoms with Gasteiger partial charge in [0.25, 0.3) is 0 Å². The molecule has 2 rings (SSSR count). The number of hydrogen-bond donors (Lipinski definition) is 1. The molecule has 0 saturated heterocycles. The first-order chi connectivity index (χ1) is 10.6. The fourth-order valence-electron chi connectivity index (χ4n) is 2.09. The molecule has 116 valence electrons. The van der Waals surface area contributed by atoms with Crippen molar-refractivity contribution >= 4 is 16.7 Å². The fraction of sp³-hybridized carbons (Fsp3) is 0.235. The molecule has 0 bridgehead atoms. The van der Waals surface area contributed by atoms with Gasteiger partial charge in [-0.05, 0) is 18.6 Å². The van der Waals surface area contributed by atoms with Gasteiger partial charge in [0.1, 0.15) is 11.6 Å². The molecule has 0 aromatic heterocycles. The number of halogens is 1. The first kappa shape index (κ1) is 16.4. The Morgan fingerprint density at radius 2 is 1.77 bits per heavy atom. The summed E-state index contributed by atoms with van der Waals surface area (Å²) in [5.41, 5.74) is 1.35. The maximum Gasteiger partial charge on any atom is 0.233 e. The third-order valence-electron chi connectivity index (χ3n) is 3.24. The van der Waals surface area contributed by atoms with Gasteiger partial charge >= 0.3 is 0 Å². The molecule has 0 aliphatic carbocycles. The van der Waals surface area contributed by atoms with E-state index < -0.39 is 16.6 Å². The fourth-order valence-corrected chi connectivity index (χ4v) is 3.15. The molecule has 2 aromatic rings. The van der Waals surface area contributed by atoms with Gasteiger partial charge in [-0.2, -0.15) is 0 Å². The largest absolute Gasteiger partial charge is 0.349 e. The highest BCUT2D eigenvalue weighted by molar-refractivity contribution is 7.84. The van der Waals surface area contributed by atoms with Crippen molar-refractivity contribution in [3.05, 3.63) is 71.5 Å². The van der Waals surface area contributed by atoms with Crippen LogP contribution in [0.1, 0.15) is 24.1 Å². The van der Waals surface area contributed by atoms with Gasteiger partial charge in [0.05, 0.1) is 11.8 Å². The van der Waals surface area contributed by atoms with Crippen molar-refractivity contribution in [2.45, 2.75) is 18.7 Å². The average molecular weight is 319 g/mol. The van der Waals surface area contributed by atoms with Crippen LogP contribution in [0.3, 0.4) is 0 Å². The van der Waals surface area contributed by atoms with E-state index in [9.17, 15) is 13.4 Å². The Hall–Kier alpha value is -2.01. The summed E-state index contributed by atoms with van der Waals surface area (Å²) in [5.74, 6) is -0.786. The van der Waals surface area contributed by atoms with Crippen molar-refractivity contribution < 1.29 is 13.4 Å². The van der Waals surface area contributed by atoms with Gasteiger partial charge in [0.2, 0.25) is 5.91 Å². The predicted octanol–water partition coefficient (Wildman–Crippen LogP) is 2.95. The maximum absolute atomic E-state index is 13.5. The van der Waals surface area contributed by atoms with E-state index in [0.29, 0.717) is 5.56 Å². The topological polar surface area (TPSA) is 46.2 Å². The predicted molar refractivity (Wildman–Crippen MR) is 86.1 cm³/mol. The van der Waals surface area contributed by atoms with Crippen LogP contribution < -0.4 is 5.32 Å². The number of carbonyl (C=O) groups is 1. The summed E-state index contributed by atoms with van der Waals surface area (Å²) in [6.07, 6.45) is 0. The van der Waals surface area contributed by atoms with E-state index in [0.717, 1.165) is 5.56 Å². The molecular formula is C17H18FNO2S. The molecule has 2 atom stereocenters. The van der Waals surface area contributed by atoms with Crippen molar-refractivity contribution in [3.8, 4) is 0 Å². The zero-order valence-corrected chi connectivity index (χ0v) is 13.1. The van der Waals surface area contributed by atoms with Crippen LogP contribution in [0.2, 0.25) is 0 Å². The second-order valence-corrected chi connectivity index (χ2v) is 6.48. The number of nitrogens with one attached hydrogen (secondary N) is 1. The normalized spacial score (nSPS) is 13.4. The number of amides is 1. The van der Waals surface area contributed by atoms with E-state index in [1.165, 1.54) is 6.07 Å². The van der Waals surface area contributed by atoms with Crippen molar-refractivity contribution in [1.29, 1.82) is 0 Å². The molecule has 1 N–H and O–H groups in total. The molecule has 0 fully saturated rings. The van der Waals surface area contributed by atoms with Crippen LogP contribution >= 0.6 is 0 Å². The smallest absolute Gasteiger partial charge is 0.233 e. The Labute approximate surface area is 132 Å². The summed E-state index contributed by atoms with van der Waals surface area (Å²) in [6.45, 7) is 1.87. The average Bonchev–Trinajstić information content (AvgIpc) is 2.50. The number of hydrogen-bond acceptors (Lipinski definition) is 2. The minimum atomic E-state index is -1.44. The molecule has 1 amide bonds. The van der Waals surface area contributed by atoms with Crippen LogP contribution in [0.15, 0.2) is 54.6 Å². The van der Waals surface area contributed by atoms with Crippen LogP contribution in [0.25, 0.3) is 0 Å². The lowest BCUT2D eigenvalue weighted by Gasteiger charge is -2.14. The van der Waals surface area contributed by atoms with Crippen LogP contribution in [-0.2, 0) is 21.3 Å². The molecule has 0 aliphatic rings. The SMILES string of the molecule is CC(NC(=O)CS(=O)Cc1ccccc1F)c1ccccc1. The quantitative estimate of drug-likeness (QED) is 0.890. The Kier molecular flexibility index (Phi) is 5.83. The first-order valence-corrected chi connectivity index (χ1v) is 8.47. The number of carbonyl (C=O) groups excluding carboxylic acids is 1. The molecule has 3 nitrogen and oxygen atoms in total. The van der Waals surface area contributed by atoms with Gasteiger partial charge in [0, 0.05) is 16.4 Å². The van der Waals surface area contributed by atoms with E-state index in [-0.39, 0.29) is 23.5 Å². The second-order valence-electron chi connectivity index (χ2n) is 5.02. The summed E-state index contributed by atoms with van der Waals surface area (Å²) >= 11 is 0. The standard InChI is InChI=1S/C17H18FNO2S/c1-13(14-7-3-2-4-8-14)19-17(20)12-22(21)11-15-9-5-6-10-16(15)18/h2-10,13H,11-12H2,1H3,(H,19,20). The van der Waals surface area contributed by atoms with E-state index >= 15 is 0 Å². The molecule has 0 aliphatic heterocycles. The monoisotopic (exact) mass is 319 g/mol. The molecule has 5 heteroatoms. The molecule has 0 heterocycles. The van der Waals surface area contributed by atoms with Gasteiger partial charge in [-0.15, -0.1) is 0 Å². The van der Waals surface area contributed by atoms with Crippen molar-refractivity contribution in [1.82, 2.24) is 5.32 Å². The highest BCUT2D eigenvalue weighted by atomic mass is 32.2. The Bertz CT molecular complexity index is 661. The van der Waals surface area contributed by atoms with Gasteiger partial charge in [-0.25, -0.2) is 4.39 Å². The summed E-state index contributed by atoms with van der Waals surface area (Å²) in [5, 5.41) is 2.80. The highest BCUT2D eigenvalue weighted by Crippen LogP contribution is 2.12. The molecule has 0 saturated carbocycles. The van der Waals surface area contributed by atoms with E-state index in [1.54, 1.807) is 18.2 Å². The highest BCUT2D eigenvalue weighted by Gasteiger charge is 2.13. The first-order valence-electron chi connectivity index (χ1n) is 6.99. The van der Waals surface area contributed by atoms with E-state index in [1.807, 2.05) is 37.3 Å². The minimum absolute atomic E-state index is 0.0415. The molecule has 0 radical (unpaired) electrons. The lowest BCUT2D eigenvalue weighted by molar-refractivity contribution is -0.119. The Balaban J connectivity index is 1.87. The van der Waals surface area contributed by atoms with Crippen molar-refractivity contribution in [2.75, 3.05) is 5.75 Å². The van der Waals surface area contributed by atoms with Crippen molar-refractivity contribution in [3.63, 3.8) is 0 Å². The minimum Gasteiger partial charge on any atom is -0.349 e. The van der Waals surface area contributed by atoms with Crippen LogP contribution in [-0.4, -0.2) is 15.9 Å². The van der Waals surface area contributed by atoms with E-state index in [4.69, 9.17) is 0 Å². The third kappa shape index (κ3) is 4.77. The summed E-state index contributed by atoms with van der Waals surface area (Å²) in [6, 6.07) is 15.6. The number of benzene rings is 2. The van der Waals surface area contributed by atoms with Gasteiger partial charge in [0.15, 0.2) is 0 Å². The second kappa shape index (κ2) is 7.84. The lowest BCUT2D eigenvalue weighted by Crippen LogP contribution is -2.31. The summed E-state index contributed by atoms with van der Waals surface area (Å²) < 4.78 is 25.5. The summed E-state index contributed by atoms with van der Waals surface area (Å²) in [7, 11) is -1.44. The van der Waals surface area contributed by atoms with Crippen LogP contribution in [0.4, 0.5) is 4.39 Å². The molecule has 0 spiro atoms. The lowest BCUT2D eigenvalue weighted by atomic mass is 10.1. The molecule has 2 aromatic carbocycles. The summed E-state index contributed by atoms with van der Waals surface area (Å²) in [4.78, 5) is 11.9. The molecule has 2 unspecified atom stereocenters. The zero-order valence-electron chi connectivity index (χ0n) is 12.3. The van der Waals surface area contributed by atoms with Gasteiger partial charge in [-0.1, -0.05) is 48.5 Å². The van der Waals surface area contributed by atoms with Crippen LogP contribution in [0.5, 0.6) is 0 Å². The Morgan fingerprint density at radius 3 is 2.45 bits per heavy atom. The zero-order chi connectivity index (χ0) is 15.9. The van der Waals surface area contributed by atoms with Gasteiger partial charge in [-0.3, -0.25) is 9.00 Å². The Morgan fingerprint density at radius 1 is 1.14 bits per heavy atom. The third-order valence-corrected chi connectivity index (χ3v) is 4.46. The van der Waals surface area contributed by atoms with Crippen molar-refractivity contribution in [2.24, 2.45) is 0 Å². The molecular weight excluding hydrogens is 301 g/mol. The number of rotatable bonds is 6. The van der Waals surface area contributed by atoms with Gasteiger partial charge < -0.3 is 5.32 Å².